The number of benzene rings is 1. The van der Waals surface area contributed by atoms with Crippen molar-refractivity contribution in [3.63, 3.8) is 0 Å². The maximum absolute atomic E-state index is 12.3. The van der Waals surface area contributed by atoms with Crippen molar-refractivity contribution in [1.82, 2.24) is 20.3 Å². The number of aromatic nitrogens is 3. The van der Waals surface area contributed by atoms with E-state index in [9.17, 15) is 4.79 Å². The summed E-state index contributed by atoms with van der Waals surface area (Å²) in [6.07, 6.45) is 3.71. The largest absolute Gasteiger partial charge is 0.491 e. The summed E-state index contributed by atoms with van der Waals surface area (Å²) in [6, 6.07) is 7.49. The Morgan fingerprint density at radius 1 is 1.27 bits per heavy atom. The molecule has 2 N–H and O–H groups in total. The summed E-state index contributed by atoms with van der Waals surface area (Å²) < 4.78 is 12.2. The Kier molecular flexibility index (Phi) is 7.83. The number of carbonyl (C=O) groups is 1. The molecule has 1 saturated heterocycles. The average Bonchev–Trinajstić information content (AvgIpc) is 3.14. The van der Waals surface area contributed by atoms with E-state index < -0.39 is 0 Å². The molecule has 0 atom stereocenters. The molecule has 1 aliphatic heterocycles. The first-order chi connectivity index (χ1) is 12.3. The summed E-state index contributed by atoms with van der Waals surface area (Å²) in [4.78, 5) is 12.3. The molecule has 0 bridgehead atoms. The van der Waals surface area contributed by atoms with E-state index in [1.807, 2.05) is 0 Å². The predicted octanol–water partition coefficient (Wildman–Crippen LogP) is 1.90. The minimum Gasteiger partial charge on any atom is -0.491 e. The van der Waals surface area contributed by atoms with Crippen LogP contribution >= 0.6 is 12.4 Å². The van der Waals surface area contributed by atoms with Crippen LogP contribution in [0.4, 0.5) is 5.69 Å². The number of piperidine rings is 1. The van der Waals surface area contributed by atoms with E-state index in [4.69, 9.17) is 9.47 Å². The van der Waals surface area contributed by atoms with Gasteiger partial charge in [0.2, 0.25) is 0 Å². The molecule has 142 valence electrons. The summed E-state index contributed by atoms with van der Waals surface area (Å²) >= 11 is 0. The molecule has 2 heterocycles. The van der Waals surface area contributed by atoms with Gasteiger partial charge in [0.1, 0.15) is 12.4 Å². The first-order valence-electron chi connectivity index (χ1n) is 8.42. The van der Waals surface area contributed by atoms with Crippen LogP contribution < -0.4 is 15.4 Å². The third-order valence-corrected chi connectivity index (χ3v) is 4.09. The average molecular weight is 382 g/mol. The lowest BCUT2D eigenvalue weighted by atomic mass is 10.1. The zero-order valence-electron chi connectivity index (χ0n) is 14.7. The first kappa shape index (κ1) is 20.2. The summed E-state index contributed by atoms with van der Waals surface area (Å²) in [5.41, 5.74) is 1.000. The van der Waals surface area contributed by atoms with Crippen LogP contribution in [0.1, 0.15) is 29.4 Å². The van der Waals surface area contributed by atoms with E-state index in [2.05, 4.69) is 20.9 Å². The molecule has 26 heavy (non-hydrogen) atoms. The number of ether oxygens (including phenoxy) is 2. The fourth-order valence-corrected chi connectivity index (χ4v) is 2.70. The van der Waals surface area contributed by atoms with Crippen molar-refractivity contribution in [3.05, 3.63) is 36.2 Å². The topological polar surface area (TPSA) is 90.3 Å². The molecule has 1 amide bonds. The maximum atomic E-state index is 12.3. The van der Waals surface area contributed by atoms with Gasteiger partial charge in [-0.25, -0.2) is 4.68 Å². The second kappa shape index (κ2) is 10.1. The molecular formula is C17H24ClN5O3. The molecule has 0 saturated carbocycles. The van der Waals surface area contributed by atoms with Crippen LogP contribution in [-0.2, 0) is 4.74 Å². The summed E-state index contributed by atoms with van der Waals surface area (Å²) in [6.45, 7) is 2.95. The predicted molar refractivity (Wildman–Crippen MR) is 100 cm³/mol. The van der Waals surface area contributed by atoms with E-state index in [0.29, 0.717) is 30.6 Å². The monoisotopic (exact) mass is 381 g/mol. The molecule has 0 unspecified atom stereocenters. The van der Waals surface area contributed by atoms with Gasteiger partial charge < -0.3 is 20.1 Å². The Labute approximate surface area is 158 Å². The number of rotatable bonds is 7. The highest BCUT2D eigenvalue weighted by molar-refractivity contribution is 6.02. The van der Waals surface area contributed by atoms with Crippen molar-refractivity contribution in [2.45, 2.75) is 18.9 Å². The van der Waals surface area contributed by atoms with Crippen molar-refractivity contribution < 1.29 is 14.3 Å². The number of methoxy groups -OCH3 is 1. The molecule has 0 radical (unpaired) electrons. The SMILES string of the molecule is COCCOc1ccc(NC(=O)c2cn(C3CCNCC3)nn2)cc1.Cl. The Bertz CT molecular complexity index is 686. The summed E-state index contributed by atoms with van der Waals surface area (Å²) in [5, 5.41) is 14.2. The van der Waals surface area contributed by atoms with Crippen LogP contribution in [0.15, 0.2) is 30.5 Å². The zero-order valence-corrected chi connectivity index (χ0v) is 15.5. The van der Waals surface area contributed by atoms with E-state index >= 15 is 0 Å². The number of anilines is 1. The van der Waals surface area contributed by atoms with Crippen molar-refractivity contribution in [3.8, 4) is 5.75 Å². The van der Waals surface area contributed by atoms with Crippen LogP contribution in [-0.4, -0.2) is 54.3 Å². The van der Waals surface area contributed by atoms with Crippen LogP contribution in [0.5, 0.6) is 5.75 Å². The number of amides is 1. The van der Waals surface area contributed by atoms with E-state index in [-0.39, 0.29) is 18.3 Å². The molecule has 1 aliphatic rings. The zero-order chi connectivity index (χ0) is 17.5. The highest BCUT2D eigenvalue weighted by Crippen LogP contribution is 2.18. The first-order valence-corrected chi connectivity index (χ1v) is 8.42. The van der Waals surface area contributed by atoms with E-state index in [0.717, 1.165) is 31.7 Å². The number of halogens is 1. The molecular weight excluding hydrogens is 358 g/mol. The molecule has 0 spiro atoms. The number of carbonyl (C=O) groups excluding carboxylic acids is 1. The standard InChI is InChI=1S/C17H23N5O3.ClH/c1-24-10-11-25-15-4-2-13(3-5-15)19-17(23)16-12-22(21-20-16)14-6-8-18-9-7-14;/h2-5,12,14,18H,6-11H2,1H3,(H,19,23);1H. The highest BCUT2D eigenvalue weighted by atomic mass is 35.5. The van der Waals surface area contributed by atoms with Crippen LogP contribution in [0.3, 0.4) is 0 Å². The molecule has 1 aromatic carbocycles. The Morgan fingerprint density at radius 3 is 2.69 bits per heavy atom. The Balaban J connectivity index is 0.00000243. The third-order valence-electron chi connectivity index (χ3n) is 4.09. The lowest BCUT2D eigenvalue weighted by Crippen LogP contribution is -2.29. The van der Waals surface area contributed by atoms with Gasteiger partial charge in [-0.1, -0.05) is 5.21 Å². The van der Waals surface area contributed by atoms with Crippen LogP contribution in [0.25, 0.3) is 0 Å². The number of nitrogens with zero attached hydrogens (tertiary/aromatic N) is 3. The number of hydrogen-bond donors (Lipinski definition) is 2. The molecule has 1 aromatic heterocycles. The summed E-state index contributed by atoms with van der Waals surface area (Å²) in [7, 11) is 1.63. The lowest BCUT2D eigenvalue weighted by Gasteiger charge is -2.22. The minimum atomic E-state index is -0.270. The highest BCUT2D eigenvalue weighted by Gasteiger charge is 2.18. The lowest BCUT2D eigenvalue weighted by molar-refractivity contribution is 0.102. The minimum absolute atomic E-state index is 0. The smallest absolute Gasteiger partial charge is 0.277 e. The van der Waals surface area contributed by atoms with Crippen molar-refractivity contribution in [2.24, 2.45) is 0 Å². The second-order valence-electron chi connectivity index (χ2n) is 5.88. The number of hydrogen-bond acceptors (Lipinski definition) is 6. The van der Waals surface area contributed by atoms with Gasteiger partial charge in [0.05, 0.1) is 18.8 Å². The molecule has 3 rings (SSSR count). The summed E-state index contributed by atoms with van der Waals surface area (Å²) in [5.74, 6) is 0.458. The van der Waals surface area contributed by atoms with Gasteiger partial charge in [0, 0.05) is 12.8 Å². The fraction of sp³-hybridized carbons (Fsp3) is 0.471. The second-order valence-corrected chi connectivity index (χ2v) is 5.88. The molecule has 1 fully saturated rings. The normalized spacial score (nSPS) is 14.5. The van der Waals surface area contributed by atoms with E-state index in [1.165, 1.54) is 0 Å². The van der Waals surface area contributed by atoms with Gasteiger partial charge in [0.15, 0.2) is 5.69 Å². The van der Waals surface area contributed by atoms with Crippen molar-refractivity contribution in [2.75, 3.05) is 38.7 Å². The van der Waals surface area contributed by atoms with Crippen LogP contribution in [0, 0.1) is 0 Å². The fourth-order valence-electron chi connectivity index (χ4n) is 2.70. The van der Waals surface area contributed by atoms with Crippen molar-refractivity contribution in [1.29, 1.82) is 0 Å². The molecule has 9 heteroatoms. The number of nitrogens with one attached hydrogen (secondary N) is 2. The maximum Gasteiger partial charge on any atom is 0.277 e. The van der Waals surface area contributed by atoms with Gasteiger partial charge in [0.25, 0.3) is 5.91 Å². The van der Waals surface area contributed by atoms with Gasteiger partial charge in [-0.2, -0.15) is 0 Å². The van der Waals surface area contributed by atoms with Crippen LogP contribution in [0.2, 0.25) is 0 Å². The van der Waals surface area contributed by atoms with E-state index in [1.54, 1.807) is 42.3 Å². The quantitative estimate of drug-likeness (QED) is 0.712. The van der Waals surface area contributed by atoms with Gasteiger partial charge in [-0.3, -0.25) is 4.79 Å². The van der Waals surface area contributed by atoms with Gasteiger partial charge in [-0.15, -0.1) is 17.5 Å². The van der Waals surface area contributed by atoms with Crippen molar-refractivity contribution >= 4 is 24.0 Å². The molecule has 8 nitrogen and oxygen atoms in total. The molecule has 2 aromatic rings. The van der Waals surface area contributed by atoms with Gasteiger partial charge >= 0.3 is 0 Å². The Morgan fingerprint density at radius 2 is 2.00 bits per heavy atom. The Hall–Kier alpha value is -2.16. The third kappa shape index (κ3) is 5.42. The van der Waals surface area contributed by atoms with Gasteiger partial charge in [-0.05, 0) is 50.2 Å². The molecule has 0 aliphatic carbocycles.